The minimum Gasteiger partial charge on any atom is -0.414 e. The fourth-order valence-corrected chi connectivity index (χ4v) is 8.70. The van der Waals surface area contributed by atoms with E-state index in [1.54, 1.807) is 6.92 Å². The van der Waals surface area contributed by atoms with Crippen molar-refractivity contribution in [1.82, 2.24) is 0 Å². The van der Waals surface area contributed by atoms with E-state index < -0.39 is 20.0 Å². The minimum absolute atomic E-state index is 0.00728. The molecule has 5 nitrogen and oxygen atoms in total. The van der Waals surface area contributed by atoms with Gasteiger partial charge in [-0.3, -0.25) is 0 Å². The van der Waals surface area contributed by atoms with Crippen LogP contribution in [0.15, 0.2) is 12.2 Å². The Morgan fingerprint density at radius 1 is 1.00 bits per heavy atom. The molecular weight excluding hydrogens is 468 g/mol. The molecule has 0 spiro atoms. The Morgan fingerprint density at radius 2 is 1.69 bits per heavy atom. The Bertz CT molecular complexity index is 729. The fourth-order valence-electron chi connectivity index (χ4n) is 7.32. The highest BCUT2D eigenvalue weighted by Crippen LogP contribution is 2.58. The van der Waals surface area contributed by atoms with E-state index in [0.717, 1.165) is 44.9 Å². The molecule has 6 heteroatoms. The van der Waals surface area contributed by atoms with Crippen molar-refractivity contribution in [2.24, 2.45) is 35.5 Å². The largest absolute Gasteiger partial charge is 0.414 e. The topological polar surface area (TPSA) is 90.2 Å². The van der Waals surface area contributed by atoms with Crippen LogP contribution in [0, 0.1) is 35.5 Å². The minimum atomic E-state index is -1.82. The Balaban J connectivity index is 1.68. The van der Waals surface area contributed by atoms with Gasteiger partial charge in [0.25, 0.3) is 0 Å². The first-order valence-corrected chi connectivity index (χ1v) is 17.7. The molecule has 3 unspecified atom stereocenters. The number of allylic oxidation sites excluding steroid dienone is 2. The maximum atomic E-state index is 11.5. The van der Waals surface area contributed by atoms with E-state index in [0.29, 0.717) is 42.6 Å². The predicted octanol–water partition coefficient (Wildman–Crippen LogP) is 5.67. The summed E-state index contributed by atoms with van der Waals surface area (Å²) in [5.41, 5.74) is -1.16. The molecule has 0 radical (unpaired) electrons. The van der Waals surface area contributed by atoms with Gasteiger partial charge in [-0.25, -0.2) is 0 Å². The lowest BCUT2D eigenvalue weighted by molar-refractivity contribution is -0.104. The first kappa shape index (κ1) is 30.3. The van der Waals surface area contributed by atoms with Gasteiger partial charge < -0.3 is 24.9 Å². The molecule has 0 bridgehead atoms. The quantitative estimate of drug-likeness (QED) is 0.150. The van der Waals surface area contributed by atoms with Crippen LogP contribution < -0.4 is 0 Å². The van der Waals surface area contributed by atoms with Crippen LogP contribution in [-0.2, 0) is 4.43 Å². The SMILES string of the molecule is CC[C@H](O)CCCCC(C)(O)C(O)C1C[C@@H]2[C@@H](C=C[C@@H]3C[C@@H](O[Si](C)(C)C(C)(C)C)C[C@@H]23)[C@@H]1CCO. The zero-order chi connectivity index (χ0) is 26.9. The van der Waals surface area contributed by atoms with Gasteiger partial charge in [0.2, 0.25) is 0 Å². The molecule has 2 fully saturated rings. The van der Waals surface area contributed by atoms with Crippen molar-refractivity contribution >= 4 is 8.32 Å². The Kier molecular flexibility index (Phi) is 9.99. The third-order valence-corrected chi connectivity index (χ3v) is 15.1. The third kappa shape index (κ3) is 6.66. The summed E-state index contributed by atoms with van der Waals surface area (Å²) in [6, 6.07) is 0. The normalized spacial score (nSPS) is 35.8. The van der Waals surface area contributed by atoms with Crippen molar-refractivity contribution < 1.29 is 24.9 Å². The van der Waals surface area contributed by atoms with Crippen molar-refractivity contribution in [1.29, 1.82) is 0 Å². The number of aliphatic hydroxyl groups is 4. The van der Waals surface area contributed by atoms with E-state index in [1.807, 2.05) is 6.92 Å². The number of rotatable bonds is 12. The maximum absolute atomic E-state index is 11.5. The molecule has 3 aliphatic carbocycles. The number of unbranched alkanes of at least 4 members (excludes halogenated alkanes) is 1. The van der Waals surface area contributed by atoms with Crippen molar-refractivity contribution in [2.45, 2.75) is 134 Å². The van der Waals surface area contributed by atoms with Gasteiger partial charge in [0, 0.05) is 12.7 Å². The Morgan fingerprint density at radius 3 is 2.31 bits per heavy atom. The van der Waals surface area contributed by atoms with Crippen LogP contribution in [0.5, 0.6) is 0 Å². The Hall–Kier alpha value is -0.243. The molecule has 3 rings (SSSR count). The van der Waals surface area contributed by atoms with Gasteiger partial charge in [-0.2, -0.15) is 0 Å². The Labute approximate surface area is 221 Å². The standard InChI is InChI=1S/C30H56O5Si/c1-8-21(32)11-9-10-15-30(5,34)28(33)27-19-26-23(24(27)14-16-31)13-12-20-17-22(18-25(20)26)35-36(6,7)29(2,3)4/h12-13,20-28,31-34H,8-11,14-19H2,1-7H3/t20-,21+,22-,23+,24+,25-,26-,27?,28?,30?/m1/s1. The van der Waals surface area contributed by atoms with Gasteiger partial charge in [-0.15, -0.1) is 0 Å². The van der Waals surface area contributed by atoms with Crippen LogP contribution in [0.25, 0.3) is 0 Å². The highest BCUT2D eigenvalue weighted by Gasteiger charge is 2.55. The zero-order valence-electron chi connectivity index (χ0n) is 24.1. The molecule has 0 aromatic rings. The molecule has 0 aromatic heterocycles. The maximum Gasteiger partial charge on any atom is 0.192 e. The number of hydrogen-bond acceptors (Lipinski definition) is 5. The summed E-state index contributed by atoms with van der Waals surface area (Å²) < 4.78 is 6.84. The third-order valence-electron chi connectivity index (χ3n) is 10.5. The molecule has 3 aliphatic rings. The number of fused-ring (bicyclic) bond motifs is 3. The summed E-state index contributed by atoms with van der Waals surface area (Å²) in [7, 11) is -1.82. The second-order valence-corrected chi connectivity index (χ2v) is 18.9. The van der Waals surface area contributed by atoms with Crippen LogP contribution in [-0.4, -0.2) is 59.3 Å². The van der Waals surface area contributed by atoms with Crippen LogP contribution in [0.3, 0.4) is 0 Å². The monoisotopic (exact) mass is 524 g/mol. The van der Waals surface area contributed by atoms with Gasteiger partial charge >= 0.3 is 0 Å². The van der Waals surface area contributed by atoms with Crippen molar-refractivity contribution in [3.05, 3.63) is 12.2 Å². The lowest BCUT2D eigenvalue weighted by Crippen LogP contribution is -2.45. The van der Waals surface area contributed by atoms with Crippen LogP contribution in [0.4, 0.5) is 0 Å². The molecule has 4 N–H and O–H groups in total. The van der Waals surface area contributed by atoms with E-state index >= 15 is 0 Å². The van der Waals surface area contributed by atoms with Crippen molar-refractivity contribution in [3.8, 4) is 0 Å². The van der Waals surface area contributed by atoms with Crippen LogP contribution in [0.2, 0.25) is 18.1 Å². The summed E-state index contributed by atoms with van der Waals surface area (Å²) in [4.78, 5) is 0. The molecule has 0 aliphatic heterocycles. The number of hydrogen-bond donors (Lipinski definition) is 4. The molecule has 0 amide bonds. The zero-order valence-corrected chi connectivity index (χ0v) is 25.1. The average Bonchev–Trinajstić information content (AvgIpc) is 3.36. The molecule has 0 heterocycles. The molecule has 2 saturated carbocycles. The summed E-state index contributed by atoms with van der Waals surface area (Å²) in [5.74, 6) is 2.14. The first-order valence-electron chi connectivity index (χ1n) is 14.8. The highest BCUT2D eigenvalue weighted by atomic mass is 28.4. The predicted molar refractivity (Wildman–Crippen MR) is 149 cm³/mol. The number of aliphatic hydroxyl groups excluding tert-OH is 3. The van der Waals surface area contributed by atoms with Crippen molar-refractivity contribution in [3.63, 3.8) is 0 Å². The average molecular weight is 525 g/mol. The van der Waals surface area contributed by atoms with E-state index in [9.17, 15) is 20.4 Å². The van der Waals surface area contributed by atoms with E-state index in [2.05, 4.69) is 46.0 Å². The molecule has 36 heavy (non-hydrogen) atoms. The van der Waals surface area contributed by atoms with E-state index in [4.69, 9.17) is 4.43 Å². The molecular formula is C30H56O5Si. The van der Waals surface area contributed by atoms with E-state index in [-0.39, 0.29) is 29.6 Å². The molecule has 0 saturated heterocycles. The van der Waals surface area contributed by atoms with Gasteiger partial charge in [0.05, 0.1) is 17.8 Å². The molecule has 0 aromatic carbocycles. The molecule has 10 atom stereocenters. The van der Waals surface area contributed by atoms with Crippen LogP contribution >= 0.6 is 0 Å². The highest BCUT2D eigenvalue weighted by molar-refractivity contribution is 6.74. The first-order chi connectivity index (χ1) is 16.7. The van der Waals surface area contributed by atoms with Gasteiger partial charge in [-0.05, 0) is 106 Å². The summed E-state index contributed by atoms with van der Waals surface area (Å²) in [6.45, 7) is 15.5. The van der Waals surface area contributed by atoms with Gasteiger partial charge in [0.1, 0.15) is 0 Å². The lowest BCUT2D eigenvalue weighted by atomic mass is 9.71. The smallest absolute Gasteiger partial charge is 0.192 e. The fraction of sp³-hybridized carbons (Fsp3) is 0.933. The van der Waals surface area contributed by atoms with Crippen molar-refractivity contribution in [2.75, 3.05) is 6.61 Å². The van der Waals surface area contributed by atoms with Gasteiger partial charge in [0.15, 0.2) is 8.32 Å². The lowest BCUT2D eigenvalue weighted by Gasteiger charge is -2.38. The van der Waals surface area contributed by atoms with E-state index in [1.165, 1.54) is 0 Å². The summed E-state index contributed by atoms with van der Waals surface area (Å²) >= 11 is 0. The summed E-state index contributed by atoms with van der Waals surface area (Å²) in [5, 5.41) is 42.7. The summed E-state index contributed by atoms with van der Waals surface area (Å²) in [6.07, 6.45) is 11.5. The second-order valence-electron chi connectivity index (χ2n) is 14.1. The second kappa shape index (κ2) is 11.9. The van der Waals surface area contributed by atoms with Crippen LogP contribution in [0.1, 0.15) is 92.4 Å². The molecule has 210 valence electrons. The van der Waals surface area contributed by atoms with Gasteiger partial charge in [-0.1, -0.05) is 52.7 Å².